The predicted molar refractivity (Wildman–Crippen MR) is 73.3 cm³/mol. The van der Waals surface area contributed by atoms with Gasteiger partial charge in [-0.05, 0) is 19.4 Å². The van der Waals surface area contributed by atoms with Gasteiger partial charge < -0.3 is 5.32 Å². The van der Waals surface area contributed by atoms with E-state index in [1.165, 1.54) is 45.4 Å². The summed E-state index contributed by atoms with van der Waals surface area (Å²) in [5.74, 6) is 0. The Labute approximate surface area is 112 Å². The van der Waals surface area contributed by atoms with E-state index in [1.54, 1.807) is 0 Å². The number of alkyl halides is 1. The van der Waals surface area contributed by atoms with E-state index in [4.69, 9.17) is 0 Å². The van der Waals surface area contributed by atoms with E-state index in [9.17, 15) is 0 Å². The van der Waals surface area contributed by atoms with Gasteiger partial charge in [-0.15, -0.1) is 0 Å². The standard InChI is InChI=1S/C12H23BrN4/c13-11-7-15-12(8-14-11)17-6-5-16-4-2-1-3-10(16)9-17/h10-12,14-15H,1-9H2. The summed E-state index contributed by atoms with van der Waals surface area (Å²) in [7, 11) is 0. The van der Waals surface area contributed by atoms with Crippen molar-refractivity contribution in [2.45, 2.75) is 36.4 Å². The van der Waals surface area contributed by atoms with Crippen LogP contribution in [0.5, 0.6) is 0 Å². The molecule has 3 atom stereocenters. The average Bonchev–Trinajstić information content (AvgIpc) is 2.39. The van der Waals surface area contributed by atoms with E-state index in [0.29, 0.717) is 11.1 Å². The van der Waals surface area contributed by atoms with Crippen LogP contribution in [-0.2, 0) is 0 Å². The smallest absolute Gasteiger partial charge is 0.0758 e. The second-order valence-electron chi connectivity index (χ2n) is 5.48. The first kappa shape index (κ1) is 12.4. The first-order valence-electron chi connectivity index (χ1n) is 6.92. The third-order valence-corrected chi connectivity index (χ3v) is 5.02. The lowest BCUT2D eigenvalue weighted by molar-refractivity contribution is 0.0151. The Bertz CT molecular complexity index is 255. The lowest BCUT2D eigenvalue weighted by atomic mass is 9.99. The minimum Gasteiger partial charge on any atom is -0.301 e. The summed E-state index contributed by atoms with van der Waals surface area (Å²) in [5, 5.41) is 7.13. The zero-order valence-electron chi connectivity index (χ0n) is 10.4. The Morgan fingerprint density at radius 2 is 1.82 bits per heavy atom. The minimum atomic E-state index is 0.440. The van der Waals surface area contributed by atoms with Crippen molar-refractivity contribution in [3.05, 3.63) is 0 Å². The Balaban J connectivity index is 1.54. The topological polar surface area (TPSA) is 30.5 Å². The molecule has 2 N–H and O–H groups in total. The molecule has 0 amide bonds. The van der Waals surface area contributed by atoms with Crippen molar-refractivity contribution in [1.29, 1.82) is 0 Å². The zero-order chi connectivity index (χ0) is 11.7. The molecule has 0 bridgehead atoms. The minimum absolute atomic E-state index is 0.440. The molecule has 98 valence electrons. The Morgan fingerprint density at radius 1 is 0.941 bits per heavy atom. The lowest BCUT2D eigenvalue weighted by Gasteiger charge is -2.47. The predicted octanol–water partition coefficient (Wildman–Crippen LogP) is 0.396. The summed E-state index contributed by atoms with van der Waals surface area (Å²) in [4.78, 5) is 5.77. The van der Waals surface area contributed by atoms with Gasteiger partial charge in [-0.2, -0.15) is 0 Å². The number of nitrogens with one attached hydrogen (secondary N) is 2. The Morgan fingerprint density at radius 3 is 2.65 bits per heavy atom. The van der Waals surface area contributed by atoms with E-state index in [0.717, 1.165) is 19.1 Å². The molecule has 0 saturated carbocycles. The maximum atomic E-state index is 3.63. The largest absolute Gasteiger partial charge is 0.301 e. The van der Waals surface area contributed by atoms with E-state index in [-0.39, 0.29) is 0 Å². The van der Waals surface area contributed by atoms with Gasteiger partial charge in [0.1, 0.15) is 0 Å². The highest BCUT2D eigenvalue weighted by atomic mass is 79.9. The summed E-state index contributed by atoms with van der Waals surface area (Å²) < 4.78 is 0. The molecule has 3 saturated heterocycles. The third-order valence-electron chi connectivity index (χ3n) is 4.37. The number of nitrogens with zero attached hydrogens (tertiary/aromatic N) is 2. The van der Waals surface area contributed by atoms with Crippen molar-refractivity contribution in [1.82, 2.24) is 20.4 Å². The van der Waals surface area contributed by atoms with Gasteiger partial charge in [0.15, 0.2) is 0 Å². The number of hydrogen-bond acceptors (Lipinski definition) is 4. The highest BCUT2D eigenvalue weighted by Crippen LogP contribution is 2.22. The lowest BCUT2D eigenvalue weighted by Crippen LogP contribution is -2.65. The van der Waals surface area contributed by atoms with Gasteiger partial charge in [-0.25, -0.2) is 0 Å². The highest BCUT2D eigenvalue weighted by Gasteiger charge is 2.33. The van der Waals surface area contributed by atoms with Crippen molar-refractivity contribution in [2.75, 3.05) is 39.3 Å². The van der Waals surface area contributed by atoms with Crippen LogP contribution in [0.15, 0.2) is 0 Å². The van der Waals surface area contributed by atoms with Gasteiger partial charge in [0, 0.05) is 38.8 Å². The van der Waals surface area contributed by atoms with Crippen molar-refractivity contribution in [3.8, 4) is 0 Å². The molecule has 0 spiro atoms. The maximum absolute atomic E-state index is 3.63. The number of piperazine rings is 2. The van der Waals surface area contributed by atoms with Crippen LogP contribution in [0.1, 0.15) is 19.3 Å². The molecule has 5 heteroatoms. The molecule has 17 heavy (non-hydrogen) atoms. The van der Waals surface area contributed by atoms with Gasteiger partial charge in [0.2, 0.25) is 0 Å². The fourth-order valence-corrected chi connectivity index (χ4v) is 3.72. The van der Waals surface area contributed by atoms with Crippen LogP contribution in [0.4, 0.5) is 0 Å². The van der Waals surface area contributed by atoms with Crippen LogP contribution in [0, 0.1) is 0 Å². The van der Waals surface area contributed by atoms with Crippen LogP contribution in [0.2, 0.25) is 0 Å². The molecule has 3 aliphatic rings. The van der Waals surface area contributed by atoms with E-state index in [2.05, 4.69) is 36.4 Å². The SMILES string of the molecule is BrC1CNC(N2CCN3CCCCC3C2)CN1. The molecule has 3 heterocycles. The summed E-state index contributed by atoms with van der Waals surface area (Å²) in [6, 6.07) is 0.820. The molecule has 3 rings (SSSR count). The highest BCUT2D eigenvalue weighted by molar-refractivity contribution is 9.09. The van der Waals surface area contributed by atoms with Crippen molar-refractivity contribution >= 4 is 15.9 Å². The molecule has 3 fully saturated rings. The third kappa shape index (κ3) is 2.84. The average molecular weight is 303 g/mol. The van der Waals surface area contributed by atoms with E-state index < -0.39 is 0 Å². The summed E-state index contributed by atoms with van der Waals surface area (Å²) in [5.41, 5.74) is 0. The van der Waals surface area contributed by atoms with Crippen LogP contribution in [0.25, 0.3) is 0 Å². The first-order chi connectivity index (χ1) is 8.33. The number of rotatable bonds is 1. The van der Waals surface area contributed by atoms with Gasteiger partial charge in [0.05, 0.1) is 11.1 Å². The molecule has 0 aliphatic carbocycles. The quantitative estimate of drug-likeness (QED) is 0.542. The molecule has 0 aromatic rings. The molecule has 0 radical (unpaired) electrons. The van der Waals surface area contributed by atoms with Crippen molar-refractivity contribution in [3.63, 3.8) is 0 Å². The normalized spacial score (nSPS) is 41.1. The van der Waals surface area contributed by atoms with Crippen LogP contribution >= 0.6 is 15.9 Å². The van der Waals surface area contributed by atoms with Gasteiger partial charge in [0.25, 0.3) is 0 Å². The number of hydrogen-bond donors (Lipinski definition) is 2. The summed E-state index contributed by atoms with van der Waals surface area (Å²) in [6.07, 6.45) is 4.77. The second-order valence-corrected chi connectivity index (χ2v) is 6.59. The fourth-order valence-electron chi connectivity index (χ4n) is 3.34. The summed E-state index contributed by atoms with van der Waals surface area (Å²) in [6.45, 7) is 7.16. The van der Waals surface area contributed by atoms with Gasteiger partial charge in [-0.3, -0.25) is 15.1 Å². The monoisotopic (exact) mass is 302 g/mol. The van der Waals surface area contributed by atoms with Crippen molar-refractivity contribution in [2.24, 2.45) is 0 Å². The van der Waals surface area contributed by atoms with Crippen LogP contribution in [-0.4, -0.2) is 66.2 Å². The zero-order valence-corrected chi connectivity index (χ0v) is 12.0. The fraction of sp³-hybridized carbons (Fsp3) is 1.00. The molecular formula is C12H23BrN4. The van der Waals surface area contributed by atoms with E-state index in [1.807, 2.05) is 0 Å². The molecular weight excluding hydrogens is 280 g/mol. The Kier molecular flexibility index (Phi) is 4.02. The number of fused-ring (bicyclic) bond motifs is 1. The first-order valence-corrected chi connectivity index (χ1v) is 7.83. The molecule has 3 unspecified atom stereocenters. The van der Waals surface area contributed by atoms with Crippen molar-refractivity contribution < 1.29 is 0 Å². The van der Waals surface area contributed by atoms with Gasteiger partial charge in [-0.1, -0.05) is 22.4 Å². The second kappa shape index (κ2) is 5.53. The van der Waals surface area contributed by atoms with E-state index >= 15 is 0 Å². The Hall–Kier alpha value is 0.320. The molecule has 0 aromatic heterocycles. The molecule has 4 nitrogen and oxygen atoms in total. The van der Waals surface area contributed by atoms with Gasteiger partial charge >= 0.3 is 0 Å². The summed E-state index contributed by atoms with van der Waals surface area (Å²) >= 11 is 3.59. The molecule has 0 aromatic carbocycles. The number of halogens is 1. The number of piperidine rings is 1. The molecule has 3 aliphatic heterocycles. The maximum Gasteiger partial charge on any atom is 0.0758 e. The van der Waals surface area contributed by atoms with Crippen LogP contribution < -0.4 is 10.6 Å². The van der Waals surface area contributed by atoms with Crippen LogP contribution in [0.3, 0.4) is 0 Å².